The van der Waals surface area contributed by atoms with Gasteiger partial charge < -0.3 is 5.11 Å². The molecule has 0 aliphatic heterocycles. The second-order valence-corrected chi connectivity index (χ2v) is 2.97. The number of fused-ring (bicyclic) bond motifs is 1. The lowest BCUT2D eigenvalue weighted by Crippen LogP contribution is -2.27. The first-order chi connectivity index (χ1) is 7.25. The molecule has 2 rings (SSSR count). The highest BCUT2D eigenvalue weighted by molar-refractivity contribution is 5.83. The average molecular weight is 203 g/mol. The number of amides is 1. The molecule has 5 heteroatoms. The highest BCUT2D eigenvalue weighted by Gasteiger charge is 1.97. The van der Waals surface area contributed by atoms with Crippen LogP contribution in [-0.4, -0.2) is 16.2 Å². The van der Waals surface area contributed by atoms with Crippen LogP contribution in [0.4, 0.5) is 10.6 Å². The maximum absolute atomic E-state index is 10.2. The van der Waals surface area contributed by atoms with E-state index in [1.807, 2.05) is 29.7 Å². The van der Waals surface area contributed by atoms with E-state index in [9.17, 15) is 4.79 Å². The van der Waals surface area contributed by atoms with Gasteiger partial charge in [0.25, 0.3) is 0 Å². The number of hydrogen-bond donors (Lipinski definition) is 3. The standard InChI is InChI=1S/C10H9N3O2/c14-10(15)13-12-9-5-7-3-1-2-4-8(7)6-11-9/h1-6,13H,(H,11,12)(H,14,15). The van der Waals surface area contributed by atoms with E-state index in [0.29, 0.717) is 5.82 Å². The molecule has 1 amide bonds. The number of carboxylic acid groups (broad SMARTS) is 1. The second kappa shape index (κ2) is 3.83. The van der Waals surface area contributed by atoms with Crippen LogP contribution < -0.4 is 10.9 Å². The van der Waals surface area contributed by atoms with Crippen molar-refractivity contribution in [2.24, 2.45) is 0 Å². The van der Waals surface area contributed by atoms with Crippen LogP contribution in [0, 0.1) is 0 Å². The van der Waals surface area contributed by atoms with Gasteiger partial charge in [-0.15, -0.1) is 0 Å². The second-order valence-electron chi connectivity index (χ2n) is 2.97. The summed E-state index contributed by atoms with van der Waals surface area (Å²) in [6, 6.07) is 9.48. The zero-order chi connectivity index (χ0) is 10.7. The molecule has 0 saturated heterocycles. The molecule has 0 aliphatic rings. The maximum Gasteiger partial charge on any atom is 0.423 e. The molecule has 3 N–H and O–H groups in total. The minimum absolute atomic E-state index is 0.469. The fourth-order valence-electron chi connectivity index (χ4n) is 1.27. The van der Waals surface area contributed by atoms with E-state index in [2.05, 4.69) is 10.4 Å². The van der Waals surface area contributed by atoms with E-state index >= 15 is 0 Å². The zero-order valence-electron chi connectivity index (χ0n) is 7.77. The van der Waals surface area contributed by atoms with Gasteiger partial charge in [-0.3, -0.25) is 5.43 Å². The molecule has 0 aliphatic carbocycles. The number of rotatable bonds is 2. The SMILES string of the molecule is O=C(O)NNc1cc2ccccc2cn1. The Morgan fingerprint density at radius 3 is 2.73 bits per heavy atom. The van der Waals surface area contributed by atoms with Gasteiger partial charge in [0, 0.05) is 11.6 Å². The molecule has 76 valence electrons. The fraction of sp³-hybridized carbons (Fsp3) is 0. The molecule has 5 nitrogen and oxygen atoms in total. The summed E-state index contributed by atoms with van der Waals surface area (Å²) < 4.78 is 0. The van der Waals surface area contributed by atoms with Crippen molar-refractivity contribution in [1.82, 2.24) is 10.4 Å². The Kier molecular flexibility index (Phi) is 2.37. The van der Waals surface area contributed by atoms with Crippen LogP contribution in [0.15, 0.2) is 36.5 Å². The lowest BCUT2D eigenvalue weighted by Gasteiger charge is -2.05. The summed E-state index contributed by atoms with van der Waals surface area (Å²) in [7, 11) is 0. The molecular weight excluding hydrogens is 194 g/mol. The maximum atomic E-state index is 10.2. The minimum atomic E-state index is -1.15. The van der Waals surface area contributed by atoms with Gasteiger partial charge in [-0.05, 0) is 11.5 Å². The van der Waals surface area contributed by atoms with Gasteiger partial charge in [0.2, 0.25) is 0 Å². The van der Waals surface area contributed by atoms with Gasteiger partial charge >= 0.3 is 6.09 Å². The molecule has 0 bridgehead atoms. The highest BCUT2D eigenvalue weighted by Crippen LogP contribution is 2.15. The van der Waals surface area contributed by atoms with Crippen molar-refractivity contribution >= 4 is 22.7 Å². The number of anilines is 1. The molecule has 0 unspecified atom stereocenters. The van der Waals surface area contributed by atoms with Gasteiger partial charge in [-0.25, -0.2) is 15.2 Å². The molecule has 0 saturated carbocycles. The Balaban J connectivity index is 2.26. The Hall–Kier alpha value is -2.30. The molecule has 0 fully saturated rings. The van der Waals surface area contributed by atoms with E-state index < -0.39 is 6.09 Å². The molecular formula is C10H9N3O2. The van der Waals surface area contributed by atoms with Crippen molar-refractivity contribution in [2.75, 3.05) is 5.43 Å². The lowest BCUT2D eigenvalue weighted by molar-refractivity contribution is 0.197. The largest absolute Gasteiger partial charge is 0.464 e. The minimum Gasteiger partial charge on any atom is -0.464 e. The predicted octanol–water partition coefficient (Wildman–Crippen LogP) is 1.83. The average Bonchev–Trinajstić information content (AvgIpc) is 2.26. The molecule has 1 aromatic carbocycles. The summed E-state index contributed by atoms with van der Waals surface area (Å²) in [4.78, 5) is 14.3. The van der Waals surface area contributed by atoms with Gasteiger partial charge in [0.15, 0.2) is 0 Å². The van der Waals surface area contributed by atoms with Crippen molar-refractivity contribution in [2.45, 2.75) is 0 Å². The third-order valence-electron chi connectivity index (χ3n) is 1.93. The molecule has 0 spiro atoms. The number of hydrogen-bond acceptors (Lipinski definition) is 3. The van der Waals surface area contributed by atoms with Crippen LogP contribution in [-0.2, 0) is 0 Å². The number of carbonyl (C=O) groups is 1. The van der Waals surface area contributed by atoms with Crippen LogP contribution >= 0.6 is 0 Å². The molecule has 1 heterocycles. The zero-order valence-corrected chi connectivity index (χ0v) is 7.77. The normalized spacial score (nSPS) is 9.87. The van der Waals surface area contributed by atoms with Crippen LogP contribution in [0.5, 0.6) is 0 Å². The third kappa shape index (κ3) is 2.14. The molecule has 2 aromatic rings. The highest BCUT2D eigenvalue weighted by atomic mass is 16.4. The number of aromatic nitrogens is 1. The third-order valence-corrected chi connectivity index (χ3v) is 1.93. The predicted molar refractivity (Wildman–Crippen MR) is 56.5 cm³/mol. The summed E-state index contributed by atoms with van der Waals surface area (Å²) in [6.45, 7) is 0. The van der Waals surface area contributed by atoms with E-state index in [1.54, 1.807) is 12.3 Å². The lowest BCUT2D eigenvalue weighted by atomic mass is 10.2. The first-order valence-corrected chi connectivity index (χ1v) is 4.35. The van der Waals surface area contributed by atoms with Crippen molar-refractivity contribution < 1.29 is 9.90 Å². The number of benzene rings is 1. The molecule has 1 aromatic heterocycles. The van der Waals surface area contributed by atoms with Gasteiger partial charge in [-0.1, -0.05) is 24.3 Å². The van der Waals surface area contributed by atoms with Crippen LogP contribution in [0.3, 0.4) is 0 Å². The number of pyridine rings is 1. The summed E-state index contributed by atoms with van der Waals surface area (Å²) in [5.74, 6) is 0.469. The van der Waals surface area contributed by atoms with Crippen molar-refractivity contribution in [1.29, 1.82) is 0 Å². The van der Waals surface area contributed by atoms with E-state index in [-0.39, 0.29) is 0 Å². The van der Waals surface area contributed by atoms with Crippen LogP contribution in [0.2, 0.25) is 0 Å². The van der Waals surface area contributed by atoms with Gasteiger partial charge in [-0.2, -0.15) is 0 Å². The quantitative estimate of drug-likeness (QED) is 0.651. The number of nitrogens with zero attached hydrogens (tertiary/aromatic N) is 1. The Labute approximate surface area is 85.7 Å². The van der Waals surface area contributed by atoms with Crippen LogP contribution in [0.25, 0.3) is 10.8 Å². The van der Waals surface area contributed by atoms with Crippen molar-refractivity contribution in [3.8, 4) is 0 Å². The fourth-order valence-corrected chi connectivity index (χ4v) is 1.27. The smallest absolute Gasteiger partial charge is 0.423 e. The first kappa shape index (κ1) is 9.26. The monoisotopic (exact) mass is 203 g/mol. The molecule has 0 radical (unpaired) electrons. The summed E-state index contributed by atoms with van der Waals surface area (Å²) in [5, 5.41) is 10.4. The van der Waals surface area contributed by atoms with E-state index in [1.165, 1.54) is 0 Å². The summed E-state index contributed by atoms with van der Waals surface area (Å²) in [5.41, 5.74) is 4.51. The number of hydrazine groups is 1. The summed E-state index contributed by atoms with van der Waals surface area (Å²) in [6.07, 6.45) is 0.534. The Bertz CT molecular complexity index is 499. The summed E-state index contributed by atoms with van der Waals surface area (Å²) >= 11 is 0. The Morgan fingerprint density at radius 1 is 1.27 bits per heavy atom. The van der Waals surface area contributed by atoms with E-state index in [0.717, 1.165) is 10.8 Å². The molecule has 0 atom stereocenters. The topological polar surface area (TPSA) is 74.2 Å². The van der Waals surface area contributed by atoms with Gasteiger partial charge in [0.1, 0.15) is 5.82 Å². The first-order valence-electron chi connectivity index (χ1n) is 4.35. The number of nitrogens with one attached hydrogen (secondary N) is 2. The van der Waals surface area contributed by atoms with Gasteiger partial charge in [0.05, 0.1) is 0 Å². The Morgan fingerprint density at radius 2 is 2.00 bits per heavy atom. The van der Waals surface area contributed by atoms with Crippen LogP contribution in [0.1, 0.15) is 0 Å². The van der Waals surface area contributed by atoms with Crippen molar-refractivity contribution in [3.63, 3.8) is 0 Å². The van der Waals surface area contributed by atoms with Crippen molar-refractivity contribution in [3.05, 3.63) is 36.5 Å². The van der Waals surface area contributed by atoms with E-state index in [4.69, 9.17) is 5.11 Å². The molecule has 15 heavy (non-hydrogen) atoms.